The van der Waals surface area contributed by atoms with Gasteiger partial charge in [-0.2, -0.15) is 14.0 Å². The average Bonchev–Trinajstić information content (AvgIpc) is 2.97. The molecule has 1 aliphatic rings. The van der Waals surface area contributed by atoms with Gasteiger partial charge < -0.3 is 15.2 Å². The minimum Gasteiger partial charge on any atom is -0.435 e. The Labute approximate surface area is 150 Å². The van der Waals surface area contributed by atoms with Crippen LogP contribution in [-0.4, -0.2) is 16.8 Å². The van der Waals surface area contributed by atoms with E-state index in [-0.39, 0.29) is 23.1 Å². The summed E-state index contributed by atoms with van der Waals surface area (Å²) >= 11 is 3.32. The van der Waals surface area contributed by atoms with Crippen LogP contribution in [0.2, 0.25) is 0 Å². The van der Waals surface area contributed by atoms with Crippen LogP contribution in [0.1, 0.15) is 29.7 Å². The molecule has 25 heavy (non-hydrogen) atoms. The zero-order chi connectivity index (χ0) is 18.1. The molecule has 1 aliphatic heterocycles. The Hall–Kier alpha value is -2.60. The number of nitriles is 1. The van der Waals surface area contributed by atoms with Gasteiger partial charge in [-0.25, -0.2) is 0 Å². The van der Waals surface area contributed by atoms with E-state index in [0.29, 0.717) is 22.0 Å². The van der Waals surface area contributed by atoms with E-state index in [4.69, 9.17) is 10.5 Å². The number of halogens is 3. The summed E-state index contributed by atoms with van der Waals surface area (Å²) in [5.41, 5.74) is 7.65. The summed E-state index contributed by atoms with van der Waals surface area (Å²) in [6.07, 6.45) is 0.583. The van der Waals surface area contributed by atoms with Crippen LogP contribution in [0.3, 0.4) is 0 Å². The molecule has 0 unspecified atom stereocenters. The molecule has 1 aromatic carbocycles. The molecule has 0 amide bonds. The molecule has 3 rings (SSSR count). The molecule has 1 atom stereocenters. The molecule has 0 spiro atoms. The lowest BCUT2D eigenvalue weighted by atomic mass is 9.83. The molecule has 1 aromatic heterocycles. The Balaban J connectivity index is 2.26. The normalized spacial score (nSPS) is 16.4. The highest BCUT2D eigenvalue weighted by Gasteiger charge is 2.36. The van der Waals surface area contributed by atoms with Crippen LogP contribution < -0.4 is 15.2 Å². The molecule has 0 radical (unpaired) electrons. The molecule has 2 aromatic rings. The summed E-state index contributed by atoms with van der Waals surface area (Å²) in [7, 11) is 0. The maximum absolute atomic E-state index is 12.8. The number of nitrogens with two attached hydrogens (primary N) is 1. The third-order valence-electron chi connectivity index (χ3n) is 3.87. The van der Waals surface area contributed by atoms with E-state index >= 15 is 0 Å². The van der Waals surface area contributed by atoms with Crippen molar-refractivity contribution in [2.75, 3.05) is 0 Å². The molecule has 0 aliphatic carbocycles. The first-order chi connectivity index (χ1) is 12.0. The summed E-state index contributed by atoms with van der Waals surface area (Å²) in [5, 5.41) is 16.5. The van der Waals surface area contributed by atoms with Gasteiger partial charge in [0.15, 0.2) is 0 Å². The van der Waals surface area contributed by atoms with Crippen molar-refractivity contribution in [1.82, 2.24) is 10.2 Å². The quantitative estimate of drug-likeness (QED) is 0.802. The molecule has 6 nitrogen and oxygen atoms in total. The van der Waals surface area contributed by atoms with Gasteiger partial charge >= 0.3 is 6.61 Å². The highest BCUT2D eigenvalue weighted by atomic mass is 79.9. The van der Waals surface area contributed by atoms with Gasteiger partial charge in [0.1, 0.15) is 17.4 Å². The largest absolute Gasteiger partial charge is 0.435 e. The molecular formula is C16H13BrF2N4O2. The van der Waals surface area contributed by atoms with Gasteiger partial charge in [0.25, 0.3) is 0 Å². The number of hydrogen-bond acceptors (Lipinski definition) is 5. The predicted octanol–water partition coefficient (Wildman–Crippen LogP) is 3.55. The van der Waals surface area contributed by atoms with E-state index in [0.717, 1.165) is 5.69 Å². The molecule has 0 bridgehead atoms. The maximum atomic E-state index is 12.8. The van der Waals surface area contributed by atoms with Crippen LogP contribution in [0.25, 0.3) is 0 Å². The Morgan fingerprint density at radius 3 is 2.92 bits per heavy atom. The fourth-order valence-electron chi connectivity index (χ4n) is 2.84. The number of benzene rings is 1. The highest BCUT2D eigenvalue weighted by molar-refractivity contribution is 9.10. The van der Waals surface area contributed by atoms with Crippen molar-refractivity contribution < 1.29 is 18.3 Å². The molecule has 3 N–H and O–H groups in total. The number of nitrogens with zero attached hydrogens (tertiary/aromatic N) is 2. The number of fused-ring (bicyclic) bond motifs is 1. The van der Waals surface area contributed by atoms with E-state index in [1.165, 1.54) is 6.07 Å². The lowest BCUT2D eigenvalue weighted by Gasteiger charge is -2.25. The fraction of sp³-hybridized carbons (Fsp3) is 0.250. The summed E-state index contributed by atoms with van der Waals surface area (Å²) < 4.78 is 36.4. The van der Waals surface area contributed by atoms with Gasteiger partial charge in [-0.15, -0.1) is 5.10 Å². The highest BCUT2D eigenvalue weighted by Crippen LogP contribution is 2.46. The van der Waals surface area contributed by atoms with Crippen LogP contribution in [0.15, 0.2) is 34.1 Å². The number of alkyl halides is 2. The molecular weight excluding hydrogens is 398 g/mol. The minimum atomic E-state index is -3.00. The van der Waals surface area contributed by atoms with Crippen LogP contribution in [0.5, 0.6) is 11.6 Å². The van der Waals surface area contributed by atoms with E-state index in [2.05, 4.69) is 30.9 Å². The summed E-state index contributed by atoms with van der Waals surface area (Å²) in [5.74, 6) is -0.660. The Morgan fingerprint density at radius 1 is 1.52 bits per heavy atom. The zero-order valence-corrected chi connectivity index (χ0v) is 14.6. The third-order valence-corrected chi connectivity index (χ3v) is 4.36. The predicted molar refractivity (Wildman–Crippen MR) is 88.0 cm³/mol. The number of allylic oxidation sites excluding steroid dienone is 1. The Morgan fingerprint density at radius 2 is 2.28 bits per heavy atom. The van der Waals surface area contributed by atoms with Crippen molar-refractivity contribution >= 4 is 15.9 Å². The monoisotopic (exact) mass is 410 g/mol. The Kier molecular flexibility index (Phi) is 4.63. The lowest BCUT2D eigenvalue weighted by Crippen LogP contribution is -2.22. The number of hydrogen-bond donors (Lipinski definition) is 2. The van der Waals surface area contributed by atoms with E-state index in [1.807, 2.05) is 13.0 Å². The van der Waals surface area contributed by atoms with E-state index < -0.39 is 12.5 Å². The van der Waals surface area contributed by atoms with Crippen LogP contribution in [-0.2, 0) is 6.42 Å². The lowest BCUT2D eigenvalue weighted by molar-refractivity contribution is -0.0505. The summed E-state index contributed by atoms with van der Waals surface area (Å²) in [6.45, 7) is -1.10. The van der Waals surface area contributed by atoms with Crippen molar-refractivity contribution in [3.05, 3.63) is 50.9 Å². The van der Waals surface area contributed by atoms with Gasteiger partial charge in [-0.3, -0.25) is 5.10 Å². The second kappa shape index (κ2) is 6.72. The molecule has 0 fully saturated rings. The topological polar surface area (TPSA) is 97.0 Å². The van der Waals surface area contributed by atoms with Gasteiger partial charge in [-0.05, 0) is 24.6 Å². The summed E-state index contributed by atoms with van der Waals surface area (Å²) in [4.78, 5) is 0. The number of nitrogens with one attached hydrogen (secondary N) is 1. The fourth-order valence-corrected chi connectivity index (χ4v) is 3.22. The number of aryl methyl sites for hydroxylation is 1. The molecule has 130 valence electrons. The van der Waals surface area contributed by atoms with Gasteiger partial charge in [0.05, 0.1) is 11.5 Å². The van der Waals surface area contributed by atoms with Crippen molar-refractivity contribution in [3.8, 4) is 17.7 Å². The van der Waals surface area contributed by atoms with Crippen molar-refractivity contribution in [3.63, 3.8) is 0 Å². The smallest absolute Gasteiger partial charge is 0.387 e. The molecule has 9 heteroatoms. The number of aromatic nitrogens is 2. The number of aromatic amines is 1. The van der Waals surface area contributed by atoms with E-state index in [9.17, 15) is 14.0 Å². The van der Waals surface area contributed by atoms with Crippen molar-refractivity contribution in [2.45, 2.75) is 25.9 Å². The summed E-state index contributed by atoms with van der Waals surface area (Å²) in [6, 6.07) is 6.63. The Bertz CT molecular complexity index is 889. The first-order valence-electron chi connectivity index (χ1n) is 7.35. The first kappa shape index (κ1) is 17.2. The first-order valence-corrected chi connectivity index (χ1v) is 8.14. The average molecular weight is 411 g/mol. The minimum absolute atomic E-state index is 0.0418. The van der Waals surface area contributed by atoms with Crippen LogP contribution >= 0.6 is 15.9 Å². The van der Waals surface area contributed by atoms with Crippen LogP contribution in [0, 0.1) is 11.3 Å². The molecule has 0 saturated carbocycles. The van der Waals surface area contributed by atoms with E-state index in [1.54, 1.807) is 12.1 Å². The van der Waals surface area contributed by atoms with Gasteiger partial charge in [0, 0.05) is 15.7 Å². The third kappa shape index (κ3) is 3.05. The number of ether oxygens (including phenoxy) is 2. The molecule has 0 saturated heterocycles. The zero-order valence-electron chi connectivity index (χ0n) is 13.0. The maximum Gasteiger partial charge on any atom is 0.387 e. The number of H-pyrrole nitrogens is 1. The van der Waals surface area contributed by atoms with Crippen molar-refractivity contribution in [1.29, 1.82) is 5.26 Å². The second-order valence-corrected chi connectivity index (χ2v) is 6.18. The molecule has 2 heterocycles. The van der Waals surface area contributed by atoms with Gasteiger partial charge in [-0.1, -0.05) is 22.9 Å². The number of rotatable bonds is 4. The van der Waals surface area contributed by atoms with Gasteiger partial charge in [0.2, 0.25) is 11.8 Å². The van der Waals surface area contributed by atoms with Crippen LogP contribution in [0.4, 0.5) is 8.78 Å². The second-order valence-electron chi connectivity index (χ2n) is 5.26. The standard InChI is InChI=1S/C16H13BrF2N4O2/c1-2-10-13-12(9(6-20)14(21)25-15(13)23-22-10)8-5-7(17)3-4-11(8)24-16(18)19/h3-5,12,16H,2,21H2,1H3,(H,22,23)/t12-/m0/s1. The SMILES string of the molecule is CCc1[nH]nc2c1[C@@H](c1cc(Br)ccc1OC(F)F)C(C#N)=C(N)O2. The van der Waals surface area contributed by atoms with Crippen molar-refractivity contribution in [2.24, 2.45) is 5.73 Å².